The minimum atomic E-state index is 0.114. The zero-order valence-electron chi connectivity index (χ0n) is 9.87. The summed E-state index contributed by atoms with van der Waals surface area (Å²) < 4.78 is 0. The Morgan fingerprint density at radius 3 is 2.88 bits per heavy atom. The Hall–Kier alpha value is -1.02. The number of hydrogen-bond acceptors (Lipinski definition) is 1. The van der Waals surface area contributed by atoms with Gasteiger partial charge in [-0.05, 0) is 41.9 Å². The molecule has 1 saturated carbocycles. The standard InChI is InChI=1S/C14H16ClNO/c1-8-6-11(8)14(15)10-2-4-12-9(7-10)3-5-13(17)16-12/h2,4,7-8,11,14H,3,5-6H2,1H3,(H,16,17). The minimum absolute atomic E-state index is 0.114. The van der Waals surface area contributed by atoms with Crippen LogP contribution in [0.2, 0.25) is 0 Å². The third-order valence-electron chi connectivity index (χ3n) is 3.89. The van der Waals surface area contributed by atoms with Crippen molar-refractivity contribution >= 4 is 23.2 Å². The van der Waals surface area contributed by atoms with Gasteiger partial charge in [0.2, 0.25) is 5.91 Å². The van der Waals surface area contributed by atoms with Crippen LogP contribution in [0.25, 0.3) is 0 Å². The SMILES string of the molecule is CC1CC1C(Cl)c1ccc2c(c1)CCC(=O)N2. The van der Waals surface area contributed by atoms with Crippen LogP contribution in [0.5, 0.6) is 0 Å². The van der Waals surface area contributed by atoms with Crippen molar-refractivity contribution < 1.29 is 4.79 Å². The van der Waals surface area contributed by atoms with Crippen LogP contribution in [0, 0.1) is 11.8 Å². The fourth-order valence-electron chi connectivity index (χ4n) is 2.58. The highest BCUT2D eigenvalue weighted by atomic mass is 35.5. The van der Waals surface area contributed by atoms with Crippen LogP contribution in [0.4, 0.5) is 5.69 Å². The molecule has 0 radical (unpaired) electrons. The highest BCUT2D eigenvalue weighted by Crippen LogP contribution is 2.50. The number of aryl methyl sites for hydroxylation is 1. The van der Waals surface area contributed by atoms with E-state index in [9.17, 15) is 4.79 Å². The highest BCUT2D eigenvalue weighted by Gasteiger charge is 2.39. The molecule has 0 bridgehead atoms. The molecule has 1 aliphatic carbocycles. The lowest BCUT2D eigenvalue weighted by Crippen LogP contribution is -2.19. The normalized spacial score (nSPS) is 28.2. The molecule has 1 fully saturated rings. The highest BCUT2D eigenvalue weighted by molar-refractivity contribution is 6.21. The molecule has 1 N–H and O–H groups in total. The van der Waals surface area contributed by atoms with Gasteiger partial charge < -0.3 is 5.32 Å². The second-order valence-corrected chi connectivity index (χ2v) is 5.71. The largest absolute Gasteiger partial charge is 0.326 e. The van der Waals surface area contributed by atoms with Crippen LogP contribution < -0.4 is 5.32 Å². The zero-order valence-corrected chi connectivity index (χ0v) is 10.6. The Balaban J connectivity index is 1.85. The summed E-state index contributed by atoms with van der Waals surface area (Å²) in [5.41, 5.74) is 3.38. The van der Waals surface area contributed by atoms with E-state index in [0.29, 0.717) is 12.3 Å². The van der Waals surface area contributed by atoms with Crippen molar-refractivity contribution in [2.24, 2.45) is 11.8 Å². The molecule has 3 unspecified atom stereocenters. The molecule has 1 aromatic carbocycles. The van der Waals surface area contributed by atoms with Crippen molar-refractivity contribution in [3.63, 3.8) is 0 Å². The first-order valence-corrected chi connectivity index (χ1v) is 6.65. The maximum absolute atomic E-state index is 11.3. The summed E-state index contributed by atoms with van der Waals surface area (Å²) in [7, 11) is 0. The molecule has 1 amide bonds. The number of carbonyl (C=O) groups is 1. The smallest absolute Gasteiger partial charge is 0.224 e. The van der Waals surface area contributed by atoms with Gasteiger partial charge in [0.05, 0.1) is 5.38 Å². The van der Waals surface area contributed by atoms with Gasteiger partial charge in [-0.15, -0.1) is 11.6 Å². The topological polar surface area (TPSA) is 29.1 Å². The molecule has 3 heteroatoms. The number of rotatable bonds is 2. The van der Waals surface area contributed by atoms with Crippen LogP contribution in [0.1, 0.15) is 36.3 Å². The number of alkyl halides is 1. The van der Waals surface area contributed by atoms with E-state index in [2.05, 4.69) is 18.3 Å². The van der Waals surface area contributed by atoms with Gasteiger partial charge in [0.15, 0.2) is 0 Å². The molecular weight excluding hydrogens is 234 g/mol. The van der Waals surface area contributed by atoms with Crippen molar-refractivity contribution in [3.05, 3.63) is 29.3 Å². The number of anilines is 1. The molecule has 0 spiro atoms. The van der Waals surface area contributed by atoms with Crippen molar-refractivity contribution in [2.45, 2.75) is 31.6 Å². The molecule has 0 saturated heterocycles. The molecule has 3 atom stereocenters. The van der Waals surface area contributed by atoms with Gasteiger partial charge in [0.25, 0.3) is 0 Å². The molecule has 1 heterocycles. The van der Waals surface area contributed by atoms with Crippen LogP contribution in [0.3, 0.4) is 0 Å². The third-order valence-corrected chi connectivity index (χ3v) is 4.47. The minimum Gasteiger partial charge on any atom is -0.326 e. The summed E-state index contributed by atoms with van der Waals surface area (Å²) >= 11 is 6.48. The molecule has 17 heavy (non-hydrogen) atoms. The predicted octanol–water partition coefficient (Wildman–Crippen LogP) is 3.51. The lowest BCUT2D eigenvalue weighted by molar-refractivity contribution is -0.116. The molecule has 0 aromatic heterocycles. The van der Waals surface area contributed by atoms with Gasteiger partial charge in [-0.1, -0.05) is 19.1 Å². The summed E-state index contributed by atoms with van der Waals surface area (Å²) in [6.45, 7) is 2.25. The average Bonchev–Trinajstić information content (AvgIpc) is 3.05. The van der Waals surface area contributed by atoms with Gasteiger partial charge >= 0.3 is 0 Å². The first-order valence-electron chi connectivity index (χ1n) is 6.22. The van der Waals surface area contributed by atoms with Crippen LogP contribution >= 0.6 is 11.6 Å². The summed E-state index contributed by atoms with van der Waals surface area (Å²) in [4.78, 5) is 11.3. The maximum atomic E-state index is 11.3. The van der Waals surface area contributed by atoms with Gasteiger partial charge in [0.1, 0.15) is 0 Å². The second kappa shape index (κ2) is 4.02. The Bertz CT molecular complexity index is 471. The number of amides is 1. The Morgan fingerprint density at radius 2 is 2.18 bits per heavy atom. The van der Waals surface area contributed by atoms with E-state index < -0.39 is 0 Å². The Kier molecular flexibility index (Phi) is 2.62. The quantitative estimate of drug-likeness (QED) is 0.799. The van der Waals surface area contributed by atoms with Gasteiger partial charge in [0, 0.05) is 12.1 Å². The lowest BCUT2D eigenvalue weighted by Gasteiger charge is -2.19. The van der Waals surface area contributed by atoms with Crippen molar-refractivity contribution in [3.8, 4) is 0 Å². The fraction of sp³-hybridized carbons (Fsp3) is 0.500. The van der Waals surface area contributed by atoms with Crippen LogP contribution in [-0.4, -0.2) is 5.91 Å². The number of carbonyl (C=O) groups excluding carboxylic acids is 1. The van der Waals surface area contributed by atoms with Crippen LogP contribution in [0.15, 0.2) is 18.2 Å². The first-order chi connectivity index (χ1) is 8.15. The molecule has 2 nitrogen and oxygen atoms in total. The van der Waals surface area contributed by atoms with E-state index in [1.165, 1.54) is 17.5 Å². The number of fused-ring (bicyclic) bond motifs is 1. The number of halogens is 1. The van der Waals surface area contributed by atoms with E-state index in [4.69, 9.17) is 11.6 Å². The average molecular weight is 250 g/mol. The maximum Gasteiger partial charge on any atom is 0.224 e. The van der Waals surface area contributed by atoms with Gasteiger partial charge in [-0.2, -0.15) is 0 Å². The van der Waals surface area contributed by atoms with E-state index >= 15 is 0 Å². The first kappa shape index (κ1) is 11.1. The van der Waals surface area contributed by atoms with Crippen LogP contribution in [-0.2, 0) is 11.2 Å². The van der Waals surface area contributed by atoms with E-state index in [1.807, 2.05) is 12.1 Å². The van der Waals surface area contributed by atoms with Crippen molar-refractivity contribution in [2.75, 3.05) is 5.32 Å². The van der Waals surface area contributed by atoms with Crippen molar-refractivity contribution in [1.82, 2.24) is 0 Å². The predicted molar refractivity (Wildman–Crippen MR) is 69.3 cm³/mol. The molecule has 3 rings (SSSR count). The number of benzene rings is 1. The van der Waals surface area contributed by atoms with Gasteiger partial charge in [-0.3, -0.25) is 4.79 Å². The molecule has 2 aliphatic rings. The summed E-state index contributed by atoms with van der Waals surface area (Å²) in [5, 5.41) is 3.03. The third kappa shape index (κ3) is 2.06. The van der Waals surface area contributed by atoms with E-state index in [-0.39, 0.29) is 11.3 Å². The number of hydrogen-bond donors (Lipinski definition) is 1. The number of nitrogens with one attached hydrogen (secondary N) is 1. The summed E-state index contributed by atoms with van der Waals surface area (Å²) in [6, 6.07) is 6.20. The van der Waals surface area contributed by atoms with Gasteiger partial charge in [-0.25, -0.2) is 0 Å². The monoisotopic (exact) mass is 249 g/mol. The zero-order chi connectivity index (χ0) is 12.0. The second-order valence-electron chi connectivity index (χ2n) is 5.24. The Labute approximate surface area is 106 Å². The van der Waals surface area contributed by atoms with Crippen molar-refractivity contribution in [1.29, 1.82) is 0 Å². The Morgan fingerprint density at radius 1 is 1.41 bits per heavy atom. The molecule has 1 aliphatic heterocycles. The summed E-state index contributed by atoms with van der Waals surface area (Å²) in [6.07, 6.45) is 2.66. The molecule has 1 aromatic rings. The lowest BCUT2D eigenvalue weighted by atomic mass is 9.97. The van der Waals surface area contributed by atoms with E-state index in [1.54, 1.807) is 0 Å². The molecule has 90 valence electrons. The fourth-order valence-corrected chi connectivity index (χ4v) is 3.07. The van der Waals surface area contributed by atoms with E-state index in [0.717, 1.165) is 18.0 Å². The molecular formula is C14H16ClNO. The summed E-state index contributed by atoms with van der Waals surface area (Å²) in [5.74, 6) is 1.50.